The number of pyridine rings is 1. The van der Waals surface area contributed by atoms with Crippen molar-refractivity contribution in [2.45, 2.75) is 57.4 Å². The largest absolute Gasteiger partial charge is 0.465 e. The zero-order chi connectivity index (χ0) is 17.6. The minimum Gasteiger partial charge on any atom is -0.465 e. The summed E-state index contributed by atoms with van der Waals surface area (Å²) >= 11 is 0. The van der Waals surface area contributed by atoms with Crippen molar-refractivity contribution < 1.29 is 9.53 Å². The van der Waals surface area contributed by atoms with Crippen LogP contribution in [0.5, 0.6) is 0 Å². The molecule has 0 unspecified atom stereocenters. The fourth-order valence-corrected chi connectivity index (χ4v) is 3.46. The molecule has 3 rings (SSSR count). The fraction of sp³-hybridized carbons (Fsp3) is 0.526. The van der Waals surface area contributed by atoms with E-state index in [1.165, 1.54) is 32.1 Å². The molecule has 2 aromatic rings. The van der Waals surface area contributed by atoms with Gasteiger partial charge < -0.3 is 15.0 Å². The van der Waals surface area contributed by atoms with E-state index < -0.39 is 5.92 Å². The molecule has 2 aromatic heterocycles. The number of anilines is 1. The van der Waals surface area contributed by atoms with Crippen molar-refractivity contribution in [2.75, 3.05) is 12.3 Å². The predicted molar refractivity (Wildman–Crippen MR) is 96.1 cm³/mol. The first-order valence-corrected chi connectivity index (χ1v) is 9.07. The van der Waals surface area contributed by atoms with Gasteiger partial charge in [0.2, 0.25) is 0 Å². The first kappa shape index (κ1) is 17.5. The predicted octanol–water partition coefficient (Wildman–Crippen LogP) is 3.25. The topological polar surface area (TPSA) is 83.0 Å². The van der Waals surface area contributed by atoms with Gasteiger partial charge in [-0.2, -0.15) is 0 Å². The number of hydrogen-bond acceptors (Lipinski definition) is 5. The zero-order valence-electron chi connectivity index (χ0n) is 14.7. The molecule has 1 fully saturated rings. The van der Waals surface area contributed by atoms with E-state index in [1.54, 1.807) is 12.3 Å². The van der Waals surface area contributed by atoms with Crippen LogP contribution in [0.3, 0.4) is 0 Å². The fourth-order valence-electron chi connectivity index (χ4n) is 3.46. The first-order valence-electron chi connectivity index (χ1n) is 9.07. The van der Waals surface area contributed by atoms with Crippen molar-refractivity contribution in [1.29, 1.82) is 0 Å². The van der Waals surface area contributed by atoms with Crippen molar-refractivity contribution in [3.8, 4) is 0 Å². The zero-order valence-corrected chi connectivity index (χ0v) is 14.7. The van der Waals surface area contributed by atoms with Crippen molar-refractivity contribution in [3.05, 3.63) is 42.1 Å². The summed E-state index contributed by atoms with van der Waals surface area (Å²) in [4.78, 5) is 21.1. The van der Waals surface area contributed by atoms with Crippen LogP contribution in [0.4, 0.5) is 5.82 Å². The monoisotopic (exact) mass is 342 g/mol. The first-order chi connectivity index (χ1) is 12.2. The standard InChI is InChI=1S/C19H26N4O2/c1-2-25-19(24)16(10-14-8-9-18(20)21-11-14)17-12-23(13-22-17)15-6-4-3-5-7-15/h8-9,11-13,15-16H,2-7,10H2,1H3,(H2,20,21)/t16-/m0/s1. The Balaban J connectivity index is 1.80. The van der Waals surface area contributed by atoms with Crippen LogP contribution < -0.4 is 5.73 Å². The van der Waals surface area contributed by atoms with Crippen LogP contribution in [0.1, 0.15) is 62.2 Å². The van der Waals surface area contributed by atoms with Gasteiger partial charge in [-0.15, -0.1) is 0 Å². The quantitative estimate of drug-likeness (QED) is 0.815. The summed E-state index contributed by atoms with van der Waals surface area (Å²) in [6.45, 7) is 2.18. The average Bonchev–Trinajstić information content (AvgIpc) is 3.12. The molecule has 6 nitrogen and oxygen atoms in total. The second-order valence-corrected chi connectivity index (χ2v) is 6.64. The molecule has 2 heterocycles. The summed E-state index contributed by atoms with van der Waals surface area (Å²) in [5.74, 6) is -0.193. The van der Waals surface area contributed by atoms with Gasteiger partial charge in [-0.05, 0) is 37.8 Å². The molecule has 1 saturated carbocycles. The molecule has 1 aliphatic carbocycles. The lowest BCUT2D eigenvalue weighted by atomic mass is 9.95. The molecule has 6 heteroatoms. The lowest BCUT2D eigenvalue weighted by Gasteiger charge is -2.22. The smallest absolute Gasteiger partial charge is 0.315 e. The van der Waals surface area contributed by atoms with Gasteiger partial charge in [-0.3, -0.25) is 4.79 Å². The van der Waals surface area contributed by atoms with Gasteiger partial charge >= 0.3 is 5.97 Å². The number of carbonyl (C=O) groups excluding carboxylic acids is 1. The van der Waals surface area contributed by atoms with Crippen LogP contribution in [0.15, 0.2) is 30.9 Å². The maximum atomic E-state index is 12.5. The Morgan fingerprint density at radius 3 is 2.80 bits per heavy atom. The summed E-state index contributed by atoms with van der Waals surface area (Å²) in [6.07, 6.45) is 12.3. The van der Waals surface area contributed by atoms with Crippen molar-refractivity contribution in [1.82, 2.24) is 14.5 Å². The molecular weight excluding hydrogens is 316 g/mol. The molecular formula is C19H26N4O2. The normalized spacial score (nSPS) is 16.5. The molecule has 0 saturated heterocycles. The SMILES string of the molecule is CCOC(=O)[C@@H](Cc1ccc(N)nc1)c1cn(C2CCCCC2)cn1. The number of nitrogen functional groups attached to an aromatic ring is 1. The summed E-state index contributed by atoms with van der Waals surface area (Å²) < 4.78 is 7.44. The van der Waals surface area contributed by atoms with Crippen molar-refractivity contribution in [3.63, 3.8) is 0 Å². The van der Waals surface area contributed by atoms with Gasteiger partial charge in [0.1, 0.15) is 11.7 Å². The minimum absolute atomic E-state index is 0.242. The second-order valence-electron chi connectivity index (χ2n) is 6.64. The summed E-state index contributed by atoms with van der Waals surface area (Å²) in [5.41, 5.74) is 7.35. The Morgan fingerprint density at radius 2 is 2.12 bits per heavy atom. The second kappa shape index (κ2) is 8.14. The molecule has 0 spiro atoms. The van der Waals surface area contributed by atoms with E-state index in [0.717, 1.165) is 11.3 Å². The number of ether oxygens (including phenoxy) is 1. The average molecular weight is 342 g/mol. The van der Waals surface area contributed by atoms with E-state index in [1.807, 2.05) is 25.5 Å². The van der Waals surface area contributed by atoms with Crippen LogP contribution in [0.2, 0.25) is 0 Å². The van der Waals surface area contributed by atoms with E-state index in [-0.39, 0.29) is 5.97 Å². The third kappa shape index (κ3) is 4.38. The third-order valence-corrected chi connectivity index (χ3v) is 4.83. The molecule has 2 N–H and O–H groups in total. The van der Waals surface area contributed by atoms with Gasteiger partial charge in [0, 0.05) is 18.4 Å². The highest BCUT2D eigenvalue weighted by Crippen LogP contribution is 2.29. The summed E-state index contributed by atoms with van der Waals surface area (Å²) in [7, 11) is 0. The molecule has 25 heavy (non-hydrogen) atoms. The van der Waals surface area contributed by atoms with E-state index in [9.17, 15) is 4.79 Å². The maximum Gasteiger partial charge on any atom is 0.315 e. The lowest BCUT2D eigenvalue weighted by Crippen LogP contribution is -2.19. The van der Waals surface area contributed by atoms with Gasteiger partial charge in [0.15, 0.2) is 0 Å². The lowest BCUT2D eigenvalue weighted by molar-refractivity contribution is -0.145. The molecule has 134 valence electrons. The number of nitrogens with zero attached hydrogens (tertiary/aromatic N) is 3. The minimum atomic E-state index is -0.421. The van der Waals surface area contributed by atoms with E-state index in [4.69, 9.17) is 10.5 Å². The highest BCUT2D eigenvalue weighted by Gasteiger charge is 2.26. The number of hydrogen-bond donors (Lipinski definition) is 1. The Hall–Kier alpha value is -2.37. The number of nitrogens with two attached hydrogens (primary N) is 1. The van der Waals surface area contributed by atoms with E-state index >= 15 is 0 Å². The molecule has 0 bridgehead atoms. The Kier molecular flexibility index (Phi) is 5.68. The summed E-state index contributed by atoms with van der Waals surface area (Å²) in [5, 5.41) is 0. The maximum absolute atomic E-state index is 12.5. The molecule has 0 aliphatic heterocycles. The third-order valence-electron chi connectivity index (χ3n) is 4.83. The van der Waals surface area contributed by atoms with Crippen LogP contribution in [0, 0.1) is 0 Å². The van der Waals surface area contributed by atoms with Gasteiger partial charge in [0.25, 0.3) is 0 Å². The number of rotatable bonds is 6. The van der Waals surface area contributed by atoms with Crippen molar-refractivity contribution >= 4 is 11.8 Å². The number of aromatic nitrogens is 3. The number of esters is 1. The van der Waals surface area contributed by atoms with Gasteiger partial charge in [0.05, 0.1) is 18.6 Å². The van der Waals surface area contributed by atoms with Crippen LogP contribution >= 0.6 is 0 Å². The highest BCUT2D eigenvalue weighted by atomic mass is 16.5. The molecule has 0 aromatic carbocycles. The van der Waals surface area contributed by atoms with Crippen molar-refractivity contribution in [2.24, 2.45) is 0 Å². The molecule has 1 aliphatic rings. The Bertz CT molecular complexity index is 690. The van der Waals surface area contributed by atoms with Crippen LogP contribution in [-0.4, -0.2) is 27.1 Å². The van der Waals surface area contributed by atoms with E-state index in [0.29, 0.717) is 24.9 Å². The molecule has 1 atom stereocenters. The van der Waals surface area contributed by atoms with Crippen LogP contribution in [-0.2, 0) is 16.0 Å². The molecule has 0 amide bonds. The number of imidazole rings is 1. The molecule has 0 radical (unpaired) electrons. The Labute approximate surface area is 148 Å². The Morgan fingerprint density at radius 1 is 1.32 bits per heavy atom. The van der Waals surface area contributed by atoms with E-state index in [2.05, 4.69) is 14.5 Å². The number of carbonyl (C=O) groups is 1. The van der Waals surface area contributed by atoms with Gasteiger partial charge in [-0.1, -0.05) is 25.3 Å². The van der Waals surface area contributed by atoms with Gasteiger partial charge in [-0.25, -0.2) is 9.97 Å². The highest BCUT2D eigenvalue weighted by molar-refractivity contribution is 5.78. The van der Waals surface area contributed by atoms with Crippen LogP contribution in [0.25, 0.3) is 0 Å². The summed E-state index contributed by atoms with van der Waals surface area (Å²) in [6, 6.07) is 4.14.